The predicted octanol–water partition coefficient (Wildman–Crippen LogP) is 10.2. The normalized spacial score (nSPS) is 12.1. The molecule has 0 saturated carbocycles. The number of aliphatic carboxylic acids is 2. The number of nitrogens with zero attached hydrogens (tertiary/aromatic N) is 2. The van der Waals surface area contributed by atoms with Crippen molar-refractivity contribution < 1.29 is 39.5 Å². The van der Waals surface area contributed by atoms with Crippen LogP contribution in [0.2, 0.25) is 5.02 Å². The highest BCUT2D eigenvalue weighted by Gasteiger charge is 2.17. The van der Waals surface area contributed by atoms with Crippen molar-refractivity contribution >= 4 is 34.3 Å². The Morgan fingerprint density at radius 2 is 1.33 bits per heavy atom. The van der Waals surface area contributed by atoms with E-state index in [0.717, 1.165) is 61.7 Å². The van der Waals surface area contributed by atoms with E-state index in [1.807, 2.05) is 18.2 Å². The van der Waals surface area contributed by atoms with Crippen molar-refractivity contribution in [1.82, 2.24) is 4.98 Å². The number of carbonyl (C=O) groups is 2. The predicted molar refractivity (Wildman–Crippen MR) is 236 cm³/mol. The monoisotopic (exact) mass is 840 g/mol. The smallest absolute Gasteiger partial charge is 0.305 e. The molecule has 2 atom stereocenters. The van der Waals surface area contributed by atoms with Gasteiger partial charge in [0.2, 0.25) is 0 Å². The molecule has 10 nitrogen and oxygen atoms in total. The van der Waals surface area contributed by atoms with E-state index in [1.165, 1.54) is 11.8 Å². The Labute approximate surface area is 360 Å². The first-order valence-electron chi connectivity index (χ1n) is 20.3. The van der Waals surface area contributed by atoms with Crippen LogP contribution >= 0.6 is 11.6 Å². The number of hydrogen-bond acceptors (Lipinski definition) is 8. The van der Waals surface area contributed by atoms with E-state index in [2.05, 4.69) is 79.5 Å². The summed E-state index contributed by atoms with van der Waals surface area (Å²) in [4.78, 5) is 26.1. The molecule has 0 bridgehead atoms. The standard InChI is InChI=1S/C50H49ClN2O8/c1-31-39(30-61-48-25-47(60-29-34-20-33(26-52)27-53-28-34)38(22-46(48)51)11-5-14-41(55)24-50(58)59)12-6-16-43(31)44-17-7-15-42(32(44)2)37-18-19-45-35(8-3-10-36(45)21-37)9-4-13-40(54)23-49(56)57/h3,6-8,10,12,15-22,25,27-28,40-41,54-55H,4-5,9,11,13-14,23-24,29-30H2,1-2H3,(H,56,57)(H,58,59)/t40-,41-/m1/s1. The van der Waals surface area contributed by atoms with Crippen LogP contribution in [0.3, 0.4) is 0 Å². The van der Waals surface area contributed by atoms with Crippen LogP contribution in [0.1, 0.15) is 77.5 Å². The van der Waals surface area contributed by atoms with Crippen LogP contribution in [-0.2, 0) is 35.6 Å². The second-order valence-corrected chi connectivity index (χ2v) is 15.8. The van der Waals surface area contributed by atoms with Crippen LogP contribution in [0.15, 0.2) is 103 Å². The number of aliphatic hydroxyl groups excluding tert-OH is 2. The Hall–Kier alpha value is -6.25. The van der Waals surface area contributed by atoms with Gasteiger partial charge >= 0.3 is 11.9 Å². The van der Waals surface area contributed by atoms with Gasteiger partial charge in [-0.2, -0.15) is 5.26 Å². The van der Waals surface area contributed by atoms with Gasteiger partial charge in [0.1, 0.15) is 30.8 Å². The van der Waals surface area contributed by atoms with E-state index in [1.54, 1.807) is 24.4 Å². The summed E-state index contributed by atoms with van der Waals surface area (Å²) in [5.74, 6) is -1.11. The fourth-order valence-electron chi connectivity index (χ4n) is 7.73. The SMILES string of the molecule is Cc1c(COc2cc(OCc3cncc(C#N)c3)c(CCC[C@@H](O)CC(=O)O)cc2Cl)cccc1-c1cccc(-c2ccc3c(CCC[C@@H](O)CC(=O)O)cccc3c2)c1C. The lowest BCUT2D eigenvalue weighted by Gasteiger charge is -2.18. The van der Waals surface area contributed by atoms with Crippen molar-refractivity contribution in [1.29, 1.82) is 5.26 Å². The van der Waals surface area contributed by atoms with E-state index < -0.39 is 24.1 Å². The summed E-state index contributed by atoms with van der Waals surface area (Å²) in [6.07, 6.45) is 3.88. The third-order valence-electron chi connectivity index (χ3n) is 11.0. The van der Waals surface area contributed by atoms with Crippen LogP contribution in [0.4, 0.5) is 0 Å². The lowest BCUT2D eigenvalue weighted by molar-refractivity contribution is -0.140. The Bertz CT molecular complexity index is 2570. The van der Waals surface area contributed by atoms with Gasteiger partial charge in [-0.25, -0.2) is 0 Å². The first-order chi connectivity index (χ1) is 29.4. The molecule has 0 amide bonds. The van der Waals surface area contributed by atoms with Crippen LogP contribution < -0.4 is 9.47 Å². The van der Waals surface area contributed by atoms with Crippen molar-refractivity contribution in [2.24, 2.45) is 0 Å². The summed E-state index contributed by atoms with van der Waals surface area (Å²) < 4.78 is 12.6. The van der Waals surface area contributed by atoms with E-state index in [0.29, 0.717) is 59.8 Å². The number of aryl methyl sites for hydroxylation is 2. The van der Waals surface area contributed by atoms with Gasteiger partial charge in [-0.05, 0) is 131 Å². The summed E-state index contributed by atoms with van der Waals surface area (Å²) in [6, 6.07) is 32.6. The number of carboxylic acid groups (broad SMARTS) is 2. The summed E-state index contributed by atoms with van der Waals surface area (Å²) >= 11 is 6.81. The summed E-state index contributed by atoms with van der Waals surface area (Å²) in [5.41, 5.74) is 10.6. The van der Waals surface area contributed by atoms with Crippen molar-refractivity contribution in [3.8, 4) is 39.8 Å². The highest BCUT2D eigenvalue weighted by molar-refractivity contribution is 6.32. The third-order valence-corrected chi connectivity index (χ3v) is 11.3. The van der Waals surface area contributed by atoms with Gasteiger partial charge in [-0.3, -0.25) is 14.6 Å². The minimum Gasteiger partial charge on any atom is -0.488 e. The number of rotatable bonds is 20. The maximum Gasteiger partial charge on any atom is 0.305 e. The van der Waals surface area contributed by atoms with Gasteiger partial charge in [0.25, 0.3) is 0 Å². The number of benzene rings is 5. The van der Waals surface area contributed by atoms with Crippen LogP contribution in [0.25, 0.3) is 33.0 Å². The number of carboxylic acids is 2. The fourth-order valence-corrected chi connectivity index (χ4v) is 7.97. The number of aromatic nitrogens is 1. The van der Waals surface area contributed by atoms with Crippen LogP contribution in [-0.4, -0.2) is 49.6 Å². The number of nitriles is 1. The molecule has 0 radical (unpaired) electrons. The molecule has 6 aromatic rings. The topological polar surface area (TPSA) is 170 Å². The Morgan fingerprint density at radius 3 is 2.03 bits per heavy atom. The summed E-state index contributed by atoms with van der Waals surface area (Å²) in [5, 5.41) is 50.1. The van der Waals surface area contributed by atoms with Gasteiger partial charge in [0.15, 0.2) is 0 Å². The molecule has 0 unspecified atom stereocenters. The van der Waals surface area contributed by atoms with E-state index in [-0.39, 0.29) is 26.1 Å². The summed E-state index contributed by atoms with van der Waals surface area (Å²) in [7, 11) is 0. The zero-order valence-electron chi connectivity index (χ0n) is 34.2. The molecule has 1 heterocycles. The molecule has 6 rings (SSSR count). The second-order valence-electron chi connectivity index (χ2n) is 15.4. The molecular formula is C50H49ClN2O8. The second kappa shape index (κ2) is 20.8. The number of aliphatic hydroxyl groups is 2. The first kappa shape index (κ1) is 44.3. The Balaban J connectivity index is 1.20. The largest absolute Gasteiger partial charge is 0.488 e. The molecule has 0 aliphatic rings. The fraction of sp³-hybridized carbons (Fsp3) is 0.280. The van der Waals surface area contributed by atoms with Crippen molar-refractivity contribution in [3.63, 3.8) is 0 Å². The average molecular weight is 841 g/mol. The highest BCUT2D eigenvalue weighted by Crippen LogP contribution is 2.38. The summed E-state index contributed by atoms with van der Waals surface area (Å²) in [6.45, 7) is 4.60. The van der Waals surface area contributed by atoms with Crippen LogP contribution in [0, 0.1) is 25.2 Å². The number of hydrogen-bond donors (Lipinski definition) is 4. The third kappa shape index (κ3) is 11.7. The van der Waals surface area contributed by atoms with Crippen molar-refractivity contribution in [2.45, 2.75) is 90.6 Å². The molecule has 4 N–H and O–H groups in total. The van der Waals surface area contributed by atoms with Crippen molar-refractivity contribution in [2.75, 3.05) is 0 Å². The van der Waals surface area contributed by atoms with E-state index >= 15 is 0 Å². The molecule has 0 aliphatic carbocycles. The van der Waals surface area contributed by atoms with Crippen LogP contribution in [0.5, 0.6) is 11.5 Å². The average Bonchev–Trinajstić information content (AvgIpc) is 3.23. The molecule has 61 heavy (non-hydrogen) atoms. The Kier molecular flexibility index (Phi) is 15.1. The number of halogens is 1. The molecule has 0 saturated heterocycles. The van der Waals surface area contributed by atoms with Gasteiger partial charge in [0.05, 0.1) is 35.6 Å². The van der Waals surface area contributed by atoms with E-state index in [9.17, 15) is 25.1 Å². The van der Waals surface area contributed by atoms with Crippen molar-refractivity contribution in [3.05, 3.63) is 147 Å². The number of ether oxygens (including phenoxy) is 2. The molecule has 1 aromatic heterocycles. The molecule has 0 aliphatic heterocycles. The maximum absolute atomic E-state index is 11.0. The van der Waals surface area contributed by atoms with Gasteiger partial charge in [-0.1, -0.05) is 78.3 Å². The molecule has 5 aromatic carbocycles. The van der Waals surface area contributed by atoms with E-state index in [4.69, 9.17) is 31.3 Å². The quantitative estimate of drug-likeness (QED) is 0.0580. The zero-order chi connectivity index (χ0) is 43.5. The zero-order valence-corrected chi connectivity index (χ0v) is 35.0. The van der Waals surface area contributed by atoms with Gasteiger partial charge in [-0.15, -0.1) is 0 Å². The molecule has 11 heteroatoms. The number of fused-ring (bicyclic) bond motifs is 1. The molecular weight excluding hydrogens is 792 g/mol. The molecule has 0 spiro atoms. The lowest BCUT2D eigenvalue weighted by Crippen LogP contribution is -2.13. The minimum absolute atomic E-state index is 0.140. The first-order valence-corrected chi connectivity index (χ1v) is 20.7. The lowest BCUT2D eigenvalue weighted by atomic mass is 9.88. The molecule has 0 fully saturated rings. The maximum atomic E-state index is 11.0. The molecule has 314 valence electrons. The number of pyridine rings is 1. The highest BCUT2D eigenvalue weighted by atomic mass is 35.5. The van der Waals surface area contributed by atoms with Gasteiger partial charge in [0, 0.05) is 24.0 Å². The Morgan fingerprint density at radius 1 is 0.705 bits per heavy atom. The van der Waals surface area contributed by atoms with Gasteiger partial charge < -0.3 is 29.9 Å². The minimum atomic E-state index is -1.06.